The maximum absolute atomic E-state index is 12.6. The molecule has 27 heavy (non-hydrogen) atoms. The number of carbonyl (C=O) groups excluding carboxylic acids is 1. The third-order valence-corrected chi connectivity index (χ3v) is 5.54. The number of benzene rings is 1. The van der Waals surface area contributed by atoms with Gasteiger partial charge in [-0.25, -0.2) is 0 Å². The summed E-state index contributed by atoms with van der Waals surface area (Å²) in [6.07, 6.45) is 2.47. The van der Waals surface area contributed by atoms with Gasteiger partial charge in [-0.05, 0) is 18.8 Å². The number of nitrogens with zero attached hydrogens (tertiary/aromatic N) is 3. The highest BCUT2D eigenvalue weighted by Crippen LogP contribution is 2.22. The van der Waals surface area contributed by atoms with Crippen molar-refractivity contribution in [3.63, 3.8) is 0 Å². The molecule has 2 aliphatic heterocycles. The summed E-state index contributed by atoms with van der Waals surface area (Å²) >= 11 is 0. The number of hydrogen-bond acceptors (Lipinski definition) is 5. The van der Waals surface area contributed by atoms with Crippen LogP contribution in [0.4, 0.5) is 0 Å². The quantitative estimate of drug-likeness (QED) is 0.810. The molecule has 0 unspecified atom stereocenters. The van der Waals surface area contributed by atoms with Crippen LogP contribution in [0.5, 0.6) is 0 Å². The Labute approximate surface area is 160 Å². The Balaban J connectivity index is 1.25. The number of piperidine rings is 1. The van der Waals surface area contributed by atoms with Crippen LogP contribution in [-0.2, 0) is 16.0 Å². The van der Waals surface area contributed by atoms with Crippen molar-refractivity contribution in [3.8, 4) is 11.3 Å². The van der Waals surface area contributed by atoms with Gasteiger partial charge in [-0.3, -0.25) is 9.69 Å². The Bertz CT molecular complexity index is 732. The molecular formula is C21H27N3O3. The molecule has 0 bridgehead atoms. The topological polar surface area (TPSA) is 58.8 Å². The molecule has 0 aliphatic carbocycles. The molecule has 6 heteroatoms. The fourth-order valence-electron chi connectivity index (χ4n) is 3.91. The van der Waals surface area contributed by atoms with Crippen molar-refractivity contribution in [2.75, 3.05) is 45.9 Å². The highest BCUT2D eigenvalue weighted by molar-refractivity contribution is 5.78. The lowest BCUT2D eigenvalue weighted by Crippen LogP contribution is -2.44. The van der Waals surface area contributed by atoms with E-state index in [1.165, 1.54) is 0 Å². The summed E-state index contributed by atoms with van der Waals surface area (Å²) in [6, 6.07) is 11.7. The number of rotatable bonds is 5. The zero-order valence-corrected chi connectivity index (χ0v) is 15.7. The first kappa shape index (κ1) is 18.2. The number of likely N-dealkylation sites (tertiary alicyclic amines) is 1. The first-order chi connectivity index (χ1) is 13.3. The van der Waals surface area contributed by atoms with E-state index in [9.17, 15) is 4.79 Å². The van der Waals surface area contributed by atoms with Gasteiger partial charge >= 0.3 is 0 Å². The van der Waals surface area contributed by atoms with E-state index in [-0.39, 0.29) is 5.91 Å². The lowest BCUT2D eigenvalue weighted by Gasteiger charge is -2.36. The maximum atomic E-state index is 12.6. The van der Waals surface area contributed by atoms with Crippen molar-refractivity contribution in [2.45, 2.75) is 19.3 Å². The average Bonchev–Trinajstić information content (AvgIpc) is 3.18. The summed E-state index contributed by atoms with van der Waals surface area (Å²) in [6.45, 7) is 6.59. The van der Waals surface area contributed by atoms with Gasteiger partial charge in [-0.15, -0.1) is 0 Å². The first-order valence-corrected chi connectivity index (χ1v) is 9.87. The van der Waals surface area contributed by atoms with Gasteiger partial charge in [0, 0.05) is 44.4 Å². The Kier molecular flexibility index (Phi) is 5.84. The minimum Gasteiger partial charge on any atom is -0.379 e. The molecule has 1 aromatic heterocycles. The van der Waals surface area contributed by atoms with Gasteiger partial charge in [-0.2, -0.15) is 0 Å². The van der Waals surface area contributed by atoms with Crippen LogP contribution in [0.1, 0.15) is 18.5 Å². The largest absolute Gasteiger partial charge is 0.379 e. The number of carbonyl (C=O) groups is 1. The maximum Gasteiger partial charge on any atom is 0.228 e. The smallest absolute Gasteiger partial charge is 0.228 e. The fourth-order valence-corrected chi connectivity index (χ4v) is 3.91. The van der Waals surface area contributed by atoms with E-state index in [2.05, 4.69) is 10.1 Å². The van der Waals surface area contributed by atoms with Gasteiger partial charge in [0.1, 0.15) is 0 Å². The predicted octanol–water partition coefficient (Wildman–Crippen LogP) is 2.45. The second-order valence-electron chi connectivity index (χ2n) is 7.46. The van der Waals surface area contributed by atoms with Crippen molar-refractivity contribution in [3.05, 3.63) is 42.1 Å². The van der Waals surface area contributed by atoms with E-state index in [0.29, 0.717) is 23.8 Å². The number of amides is 1. The summed E-state index contributed by atoms with van der Waals surface area (Å²) in [7, 11) is 0. The molecule has 1 aromatic carbocycles. The molecule has 2 aliphatic rings. The van der Waals surface area contributed by atoms with E-state index < -0.39 is 0 Å². The molecule has 6 nitrogen and oxygen atoms in total. The molecular weight excluding hydrogens is 342 g/mol. The highest BCUT2D eigenvalue weighted by atomic mass is 16.5. The molecule has 3 heterocycles. The molecule has 2 aromatic rings. The second kappa shape index (κ2) is 8.67. The van der Waals surface area contributed by atoms with Gasteiger partial charge in [0.05, 0.1) is 25.3 Å². The molecule has 144 valence electrons. The highest BCUT2D eigenvalue weighted by Gasteiger charge is 2.25. The molecule has 0 saturated carbocycles. The Morgan fingerprint density at radius 2 is 1.81 bits per heavy atom. The van der Waals surface area contributed by atoms with Crippen molar-refractivity contribution in [1.29, 1.82) is 0 Å². The summed E-state index contributed by atoms with van der Waals surface area (Å²) < 4.78 is 10.8. The minimum absolute atomic E-state index is 0.146. The minimum atomic E-state index is 0.146. The van der Waals surface area contributed by atoms with Crippen molar-refractivity contribution in [2.24, 2.45) is 5.92 Å². The normalized spacial score (nSPS) is 19.3. The van der Waals surface area contributed by atoms with E-state index in [0.717, 1.165) is 64.3 Å². The molecule has 0 atom stereocenters. The van der Waals surface area contributed by atoms with Crippen molar-refractivity contribution >= 4 is 5.91 Å². The standard InChI is InChI=1S/C21H27N3O3/c25-21(15-19-14-20(27-22-19)18-4-2-1-3-5-18)24-8-6-17(7-9-24)16-23-10-12-26-13-11-23/h1-5,14,17H,6-13,15-16H2. The van der Waals surface area contributed by atoms with Crippen LogP contribution in [0.2, 0.25) is 0 Å². The monoisotopic (exact) mass is 369 g/mol. The van der Waals surface area contributed by atoms with Crippen LogP contribution < -0.4 is 0 Å². The van der Waals surface area contributed by atoms with E-state index in [4.69, 9.17) is 9.26 Å². The van der Waals surface area contributed by atoms with Crippen LogP contribution in [0.15, 0.2) is 40.9 Å². The predicted molar refractivity (Wildman–Crippen MR) is 102 cm³/mol. The Morgan fingerprint density at radius 1 is 1.07 bits per heavy atom. The molecule has 0 radical (unpaired) electrons. The van der Waals surface area contributed by atoms with Crippen LogP contribution in [-0.4, -0.2) is 66.8 Å². The van der Waals surface area contributed by atoms with E-state index in [1.807, 2.05) is 41.3 Å². The van der Waals surface area contributed by atoms with E-state index >= 15 is 0 Å². The molecule has 0 spiro atoms. The van der Waals surface area contributed by atoms with Crippen LogP contribution in [0, 0.1) is 5.92 Å². The SMILES string of the molecule is O=C(Cc1cc(-c2ccccc2)on1)N1CCC(CN2CCOCC2)CC1. The number of ether oxygens (including phenoxy) is 1. The van der Waals surface area contributed by atoms with Gasteiger partial charge in [0.2, 0.25) is 5.91 Å². The second-order valence-corrected chi connectivity index (χ2v) is 7.46. The molecule has 2 fully saturated rings. The number of morpholine rings is 1. The molecule has 1 amide bonds. The lowest BCUT2D eigenvalue weighted by molar-refractivity contribution is -0.132. The zero-order valence-electron chi connectivity index (χ0n) is 15.7. The molecule has 4 rings (SSSR count). The number of hydrogen-bond donors (Lipinski definition) is 0. The zero-order chi connectivity index (χ0) is 18.5. The van der Waals surface area contributed by atoms with Crippen molar-refractivity contribution < 1.29 is 14.1 Å². The average molecular weight is 369 g/mol. The molecule has 0 N–H and O–H groups in total. The van der Waals surface area contributed by atoms with Gasteiger partial charge < -0.3 is 14.2 Å². The van der Waals surface area contributed by atoms with Crippen LogP contribution >= 0.6 is 0 Å². The van der Waals surface area contributed by atoms with Gasteiger partial charge in [0.15, 0.2) is 5.76 Å². The van der Waals surface area contributed by atoms with Crippen LogP contribution in [0.25, 0.3) is 11.3 Å². The first-order valence-electron chi connectivity index (χ1n) is 9.87. The summed E-state index contributed by atoms with van der Waals surface area (Å²) in [5.41, 5.74) is 1.68. The third-order valence-electron chi connectivity index (χ3n) is 5.54. The lowest BCUT2D eigenvalue weighted by atomic mass is 9.95. The van der Waals surface area contributed by atoms with Crippen LogP contribution in [0.3, 0.4) is 0 Å². The summed E-state index contributed by atoms with van der Waals surface area (Å²) in [4.78, 5) is 17.1. The summed E-state index contributed by atoms with van der Waals surface area (Å²) in [5, 5.41) is 4.08. The van der Waals surface area contributed by atoms with E-state index in [1.54, 1.807) is 0 Å². The third kappa shape index (κ3) is 4.76. The fraction of sp³-hybridized carbons (Fsp3) is 0.524. The molecule has 2 saturated heterocycles. The van der Waals surface area contributed by atoms with Gasteiger partial charge in [0.25, 0.3) is 0 Å². The summed E-state index contributed by atoms with van der Waals surface area (Å²) in [5.74, 6) is 1.54. The number of aromatic nitrogens is 1. The van der Waals surface area contributed by atoms with Crippen molar-refractivity contribution in [1.82, 2.24) is 15.0 Å². The Hall–Kier alpha value is -2.18. The van der Waals surface area contributed by atoms with Gasteiger partial charge in [-0.1, -0.05) is 35.5 Å². The Morgan fingerprint density at radius 3 is 2.56 bits per heavy atom.